The summed E-state index contributed by atoms with van der Waals surface area (Å²) in [4.78, 5) is 35.7. The van der Waals surface area contributed by atoms with E-state index in [1.165, 1.54) is 11.1 Å². The Labute approximate surface area is 200 Å². The molecule has 0 radical (unpaired) electrons. The van der Waals surface area contributed by atoms with Crippen LogP contribution in [0, 0.1) is 5.92 Å². The lowest BCUT2D eigenvalue weighted by Gasteiger charge is -2.19. The zero-order chi connectivity index (χ0) is 24.5. The van der Waals surface area contributed by atoms with Gasteiger partial charge >= 0.3 is 12.1 Å². The molecule has 7 nitrogen and oxygen atoms in total. The lowest BCUT2D eigenvalue weighted by molar-refractivity contribution is -0.137. The number of hydrogen-bond donors (Lipinski definition) is 3. The summed E-state index contributed by atoms with van der Waals surface area (Å²) in [5.74, 6) is -1.25. The molecule has 0 heterocycles. The largest absolute Gasteiger partial charge is 0.481 e. The van der Waals surface area contributed by atoms with Crippen molar-refractivity contribution in [1.29, 1.82) is 0 Å². The summed E-state index contributed by atoms with van der Waals surface area (Å²) in [5.41, 5.74) is 4.65. The van der Waals surface area contributed by atoms with Crippen LogP contribution in [0.1, 0.15) is 63.0 Å². The second kappa shape index (κ2) is 12.2. The fourth-order valence-corrected chi connectivity index (χ4v) is 4.47. The number of ether oxygens (including phenoxy) is 1. The molecule has 0 fully saturated rings. The van der Waals surface area contributed by atoms with Crippen LogP contribution in [0.5, 0.6) is 0 Å². The highest BCUT2D eigenvalue weighted by molar-refractivity contribution is 5.79. The van der Waals surface area contributed by atoms with E-state index in [-0.39, 0.29) is 43.2 Å². The molecule has 2 atom stereocenters. The van der Waals surface area contributed by atoms with E-state index in [9.17, 15) is 14.4 Å². The first-order valence-corrected chi connectivity index (χ1v) is 12.0. The molecule has 1 aliphatic carbocycles. The summed E-state index contributed by atoms with van der Waals surface area (Å²) in [6.07, 6.45) is 2.04. The topological polar surface area (TPSA) is 105 Å². The molecule has 1 aliphatic rings. The molecule has 0 aromatic heterocycles. The van der Waals surface area contributed by atoms with Gasteiger partial charge in [-0.2, -0.15) is 0 Å². The maximum atomic E-state index is 12.3. The molecule has 3 N–H and O–H groups in total. The number of carbonyl (C=O) groups excluding carboxylic acids is 2. The number of benzene rings is 2. The molecule has 3 rings (SSSR count). The van der Waals surface area contributed by atoms with Crippen LogP contribution >= 0.6 is 0 Å². The number of unbranched alkanes of at least 4 members (excludes halogenated alkanes) is 1. The van der Waals surface area contributed by atoms with Crippen molar-refractivity contribution in [3.8, 4) is 11.1 Å². The zero-order valence-corrected chi connectivity index (χ0v) is 19.9. The average molecular weight is 467 g/mol. The van der Waals surface area contributed by atoms with Crippen molar-refractivity contribution < 1.29 is 24.2 Å². The number of aliphatic carboxylic acids is 1. The number of alkyl carbamates (subject to hydrolysis) is 1. The van der Waals surface area contributed by atoms with Crippen LogP contribution in [0.15, 0.2) is 48.5 Å². The van der Waals surface area contributed by atoms with Crippen molar-refractivity contribution in [2.75, 3.05) is 13.2 Å². The van der Waals surface area contributed by atoms with Gasteiger partial charge in [0, 0.05) is 24.9 Å². The number of fused-ring (bicyclic) bond motifs is 3. The lowest BCUT2D eigenvalue weighted by Crippen LogP contribution is -2.38. The first kappa shape index (κ1) is 25.3. The highest BCUT2D eigenvalue weighted by Crippen LogP contribution is 2.44. The van der Waals surface area contributed by atoms with Crippen molar-refractivity contribution in [2.24, 2.45) is 5.92 Å². The minimum absolute atomic E-state index is 0.00404. The first-order chi connectivity index (χ1) is 16.4. The number of hydrogen-bond acceptors (Lipinski definition) is 4. The van der Waals surface area contributed by atoms with Crippen LogP contribution in [-0.2, 0) is 14.3 Å². The number of carboxylic acids is 1. The summed E-state index contributed by atoms with van der Waals surface area (Å²) in [5, 5.41) is 14.6. The van der Waals surface area contributed by atoms with E-state index < -0.39 is 12.1 Å². The Balaban J connectivity index is 1.44. The highest BCUT2D eigenvalue weighted by Gasteiger charge is 2.29. The Bertz CT molecular complexity index is 961. The minimum atomic E-state index is -0.925. The van der Waals surface area contributed by atoms with Gasteiger partial charge in [-0.3, -0.25) is 9.59 Å². The second-order valence-corrected chi connectivity index (χ2v) is 9.02. The number of carboxylic acid groups (broad SMARTS) is 1. The monoisotopic (exact) mass is 466 g/mol. The SMILES string of the molecule is CCCC[C@@H](CC(=O)O)NC(=O)CC(C)CNC(=O)OCC1c2ccccc2-c2ccccc21. The molecule has 2 aromatic carbocycles. The molecule has 0 aliphatic heterocycles. The summed E-state index contributed by atoms with van der Waals surface area (Å²) < 4.78 is 5.53. The molecule has 0 spiro atoms. The third-order valence-electron chi connectivity index (χ3n) is 6.16. The van der Waals surface area contributed by atoms with Crippen molar-refractivity contribution in [1.82, 2.24) is 10.6 Å². The third-order valence-corrected chi connectivity index (χ3v) is 6.16. The molecular weight excluding hydrogens is 432 g/mol. The van der Waals surface area contributed by atoms with Crippen LogP contribution in [0.3, 0.4) is 0 Å². The summed E-state index contributed by atoms with van der Waals surface area (Å²) in [7, 11) is 0. The van der Waals surface area contributed by atoms with Gasteiger partial charge in [-0.05, 0) is 34.6 Å². The molecule has 2 amide bonds. The number of amides is 2. The van der Waals surface area contributed by atoms with Gasteiger partial charge in [-0.1, -0.05) is 75.2 Å². The molecule has 182 valence electrons. The van der Waals surface area contributed by atoms with Crippen molar-refractivity contribution in [3.63, 3.8) is 0 Å². The first-order valence-electron chi connectivity index (χ1n) is 12.0. The van der Waals surface area contributed by atoms with Gasteiger partial charge in [0.25, 0.3) is 0 Å². The minimum Gasteiger partial charge on any atom is -0.481 e. The van der Waals surface area contributed by atoms with Crippen molar-refractivity contribution in [3.05, 3.63) is 59.7 Å². The van der Waals surface area contributed by atoms with Gasteiger partial charge in [0.2, 0.25) is 5.91 Å². The van der Waals surface area contributed by atoms with Crippen molar-refractivity contribution in [2.45, 2.75) is 57.9 Å². The van der Waals surface area contributed by atoms with Crippen LogP contribution < -0.4 is 10.6 Å². The Morgan fingerprint density at radius 1 is 1.00 bits per heavy atom. The summed E-state index contributed by atoms with van der Waals surface area (Å²) in [6, 6.07) is 16.0. The van der Waals surface area contributed by atoms with Gasteiger partial charge in [-0.15, -0.1) is 0 Å². The van der Waals surface area contributed by atoms with Gasteiger partial charge < -0.3 is 20.5 Å². The van der Waals surface area contributed by atoms with E-state index in [0.29, 0.717) is 13.0 Å². The summed E-state index contributed by atoms with van der Waals surface area (Å²) >= 11 is 0. The lowest BCUT2D eigenvalue weighted by atomic mass is 9.98. The predicted octanol–water partition coefficient (Wildman–Crippen LogP) is 4.70. The quantitative estimate of drug-likeness (QED) is 0.421. The Morgan fingerprint density at radius 3 is 2.21 bits per heavy atom. The molecule has 0 saturated heterocycles. The maximum absolute atomic E-state index is 12.3. The van der Waals surface area contributed by atoms with Crippen LogP contribution in [-0.4, -0.2) is 42.3 Å². The van der Waals surface area contributed by atoms with Gasteiger partial charge in [0.1, 0.15) is 6.61 Å². The van der Waals surface area contributed by atoms with Gasteiger partial charge in [0.15, 0.2) is 0 Å². The highest BCUT2D eigenvalue weighted by atomic mass is 16.5. The van der Waals surface area contributed by atoms with Crippen molar-refractivity contribution >= 4 is 18.0 Å². The Kier molecular flexibility index (Phi) is 9.08. The molecule has 0 bridgehead atoms. The normalized spacial score (nSPS) is 13.9. The summed E-state index contributed by atoms with van der Waals surface area (Å²) in [6.45, 7) is 4.42. The van der Waals surface area contributed by atoms with Gasteiger partial charge in [0.05, 0.1) is 6.42 Å². The number of carbonyl (C=O) groups is 3. The molecular formula is C27H34N2O5. The van der Waals surface area contributed by atoms with E-state index in [1.54, 1.807) is 0 Å². The molecule has 2 aromatic rings. The van der Waals surface area contributed by atoms with Gasteiger partial charge in [-0.25, -0.2) is 4.79 Å². The van der Waals surface area contributed by atoms with Crippen LogP contribution in [0.2, 0.25) is 0 Å². The molecule has 34 heavy (non-hydrogen) atoms. The van der Waals surface area contributed by atoms with E-state index in [2.05, 4.69) is 34.9 Å². The van der Waals surface area contributed by atoms with Crippen LogP contribution in [0.25, 0.3) is 11.1 Å². The van der Waals surface area contributed by atoms with E-state index in [0.717, 1.165) is 24.0 Å². The molecule has 7 heteroatoms. The Morgan fingerprint density at radius 2 is 1.62 bits per heavy atom. The zero-order valence-electron chi connectivity index (χ0n) is 19.9. The predicted molar refractivity (Wildman–Crippen MR) is 131 cm³/mol. The maximum Gasteiger partial charge on any atom is 0.407 e. The fourth-order valence-electron chi connectivity index (χ4n) is 4.47. The smallest absolute Gasteiger partial charge is 0.407 e. The molecule has 0 saturated carbocycles. The standard InChI is InChI=1S/C27H34N2O5/c1-3-4-9-19(15-26(31)32)29-25(30)14-18(2)16-28-27(33)34-17-24-22-12-7-5-10-20(22)21-11-6-8-13-23(21)24/h5-8,10-13,18-19,24H,3-4,9,14-17H2,1-2H3,(H,28,33)(H,29,30)(H,31,32)/t18?,19-/m0/s1. The second-order valence-electron chi connectivity index (χ2n) is 9.02. The van der Waals surface area contributed by atoms with Crippen LogP contribution in [0.4, 0.5) is 4.79 Å². The fraction of sp³-hybridized carbons (Fsp3) is 0.444. The third kappa shape index (κ3) is 6.83. The Hall–Kier alpha value is -3.35. The number of rotatable bonds is 12. The number of nitrogens with one attached hydrogen (secondary N) is 2. The van der Waals surface area contributed by atoms with E-state index in [4.69, 9.17) is 9.84 Å². The molecule has 1 unspecified atom stereocenters. The van der Waals surface area contributed by atoms with E-state index >= 15 is 0 Å². The average Bonchev–Trinajstić information content (AvgIpc) is 3.13. The van der Waals surface area contributed by atoms with E-state index in [1.807, 2.05) is 38.1 Å².